The first-order valence-corrected chi connectivity index (χ1v) is 8.79. The smallest absolute Gasteiger partial charge is 0.260 e. The van der Waals surface area contributed by atoms with Crippen molar-refractivity contribution in [3.63, 3.8) is 0 Å². The van der Waals surface area contributed by atoms with Crippen LogP contribution in [0.5, 0.6) is 5.75 Å². The molecule has 1 saturated carbocycles. The van der Waals surface area contributed by atoms with Crippen molar-refractivity contribution in [2.24, 2.45) is 5.41 Å². The molecule has 1 aromatic carbocycles. The van der Waals surface area contributed by atoms with E-state index in [1.165, 1.54) is 0 Å². The fourth-order valence-corrected chi connectivity index (χ4v) is 4.26. The highest BCUT2D eigenvalue weighted by molar-refractivity contribution is 6.35. The molecule has 126 valence electrons. The van der Waals surface area contributed by atoms with E-state index < -0.39 is 0 Å². The number of hydrogen-bond acceptors (Lipinski definition) is 3. The van der Waals surface area contributed by atoms with E-state index in [1.54, 1.807) is 18.2 Å². The Hall–Kier alpha value is -0.970. The number of aliphatic hydroxyl groups excluding tert-OH is 1. The Bertz CT molecular complexity index is 595. The third-order valence-corrected chi connectivity index (χ3v) is 5.60. The maximum absolute atomic E-state index is 12.4. The van der Waals surface area contributed by atoms with Crippen LogP contribution in [-0.2, 0) is 4.79 Å². The van der Waals surface area contributed by atoms with Crippen molar-refractivity contribution >= 4 is 29.1 Å². The van der Waals surface area contributed by atoms with Crippen molar-refractivity contribution in [3.8, 4) is 5.75 Å². The average Bonchev–Trinajstić information content (AvgIpc) is 2.86. The summed E-state index contributed by atoms with van der Waals surface area (Å²) < 4.78 is 5.54. The first-order chi connectivity index (χ1) is 11.0. The summed E-state index contributed by atoms with van der Waals surface area (Å²) in [5.41, 5.74) is -0.105. The average molecular weight is 358 g/mol. The number of amides is 1. The minimum Gasteiger partial charge on any atom is -0.482 e. The van der Waals surface area contributed by atoms with Crippen LogP contribution >= 0.6 is 23.2 Å². The summed E-state index contributed by atoms with van der Waals surface area (Å²) in [7, 11) is 0. The summed E-state index contributed by atoms with van der Waals surface area (Å²) >= 11 is 11.9. The number of ether oxygens (including phenoxy) is 1. The van der Waals surface area contributed by atoms with Gasteiger partial charge in [0.05, 0.1) is 11.1 Å². The summed E-state index contributed by atoms with van der Waals surface area (Å²) in [6.45, 7) is 1.31. The summed E-state index contributed by atoms with van der Waals surface area (Å²) in [6.07, 6.45) is 4.54. The van der Waals surface area contributed by atoms with Crippen molar-refractivity contribution in [1.29, 1.82) is 0 Å². The lowest BCUT2D eigenvalue weighted by Crippen LogP contribution is -2.50. The van der Waals surface area contributed by atoms with E-state index in [2.05, 4.69) is 0 Å². The SMILES string of the molecule is O=C(COc1ccc(Cl)cc1Cl)N1CCC[C@@]2(CCC[C@H]2O)C1. The Morgan fingerprint density at radius 3 is 2.83 bits per heavy atom. The van der Waals surface area contributed by atoms with Gasteiger partial charge in [0, 0.05) is 23.5 Å². The molecule has 1 aromatic rings. The Morgan fingerprint density at radius 2 is 2.13 bits per heavy atom. The molecule has 2 atom stereocenters. The van der Waals surface area contributed by atoms with Gasteiger partial charge in [-0.15, -0.1) is 0 Å². The Kier molecular flexibility index (Phi) is 5.04. The fraction of sp³-hybridized carbons (Fsp3) is 0.588. The molecule has 2 fully saturated rings. The van der Waals surface area contributed by atoms with Gasteiger partial charge in [0.2, 0.25) is 0 Å². The molecule has 1 aliphatic carbocycles. The number of carbonyl (C=O) groups excluding carboxylic acids is 1. The van der Waals surface area contributed by atoms with E-state index in [1.807, 2.05) is 4.90 Å². The van der Waals surface area contributed by atoms with Gasteiger partial charge >= 0.3 is 0 Å². The first-order valence-electron chi connectivity index (χ1n) is 8.04. The predicted molar refractivity (Wildman–Crippen MR) is 90.1 cm³/mol. The Morgan fingerprint density at radius 1 is 1.35 bits per heavy atom. The highest BCUT2D eigenvalue weighted by atomic mass is 35.5. The largest absolute Gasteiger partial charge is 0.482 e. The third kappa shape index (κ3) is 3.59. The lowest BCUT2D eigenvalue weighted by atomic mass is 9.76. The molecule has 1 heterocycles. The van der Waals surface area contributed by atoms with Crippen LogP contribution in [0.1, 0.15) is 32.1 Å². The number of nitrogens with zero attached hydrogens (tertiary/aromatic N) is 1. The molecule has 2 aliphatic rings. The quantitative estimate of drug-likeness (QED) is 0.899. The van der Waals surface area contributed by atoms with Crippen LogP contribution in [-0.4, -0.2) is 41.7 Å². The highest BCUT2D eigenvalue weighted by Gasteiger charge is 2.45. The van der Waals surface area contributed by atoms with E-state index in [4.69, 9.17) is 27.9 Å². The Labute approximate surface area is 146 Å². The molecule has 1 N–H and O–H groups in total. The van der Waals surface area contributed by atoms with Crippen molar-refractivity contribution in [2.75, 3.05) is 19.7 Å². The lowest BCUT2D eigenvalue weighted by molar-refractivity contribution is -0.138. The number of carbonyl (C=O) groups is 1. The van der Waals surface area contributed by atoms with Gasteiger partial charge in [-0.3, -0.25) is 4.79 Å². The van der Waals surface area contributed by atoms with Crippen LogP contribution in [0.3, 0.4) is 0 Å². The summed E-state index contributed by atoms with van der Waals surface area (Å²) in [6, 6.07) is 4.93. The van der Waals surface area contributed by atoms with E-state index in [0.29, 0.717) is 22.3 Å². The maximum atomic E-state index is 12.4. The van der Waals surface area contributed by atoms with E-state index in [0.717, 1.165) is 38.6 Å². The molecule has 23 heavy (non-hydrogen) atoms. The van der Waals surface area contributed by atoms with E-state index in [9.17, 15) is 9.90 Å². The van der Waals surface area contributed by atoms with Crippen molar-refractivity contribution in [3.05, 3.63) is 28.2 Å². The number of rotatable bonds is 3. The van der Waals surface area contributed by atoms with Gasteiger partial charge in [0.25, 0.3) is 5.91 Å². The highest BCUT2D eigenvalue weighted by Crippen LogP contribution is 2.45. The number of piperidine rings is 1. The van der Waals surface area contributed by atoms with Crippen LogP contribution in [0.4, 0.5) is 0 Å². The number of halogens is 2. The second-order valence-corrected chi connectivity index (χ2v) is 7.40. The first kappa shape index (κ1) is 16.9. The van der Waals surface area contributed by atoms with Gasteiger partial charge in [-0.1, -0.05) is 29.6 Å². The zero-order valence-electron chi connectivity index (χ0n) is 12.9. The van der Waals surface area contributed by atoms with Crippen LogP contribution in [0.2, 0.25) is 10.0 Å². The molecule has 0 aromatic heterocycles. The molecule has 0 bridgehead atoms. The molecule has 1 aliphatic heterocycles. The zero-order valence-corrected chi connectivity index (χ0v) is 14.4. The monoisotopic (exact) mass is 357 g/mol. The standard InChI is InChI=1S/C17H21Cl2NO3/c18-12-4-5-14(13(19)9-12)23-10-16(22)20-8-2-7-17(11-20)6-1-3-15(17)21/h4-5,9,15,21H,1-3,6-8,10-11H2/t15-,17+/m1/s1. The molecule has 3 rings (SSSR count). The van der Waals surface area contributed by atoms with Gasteiger partial charge < -0.3 is 14.7 Å². The van der Waals surface area contributed by atoms with Crippen LogP contribution in [0.15, 0.2) is 18.2 Å². The maximum Gasteiger partial charge on any atom is 0.260 e. The molecule has 0 radical (unpaired) electrons. The summed E-state index contributed by atoms with van der Waals surface area (Å²) in [4.78, 5) is 14.3. The molecule has 0 unspecified atom stereocenters. The normalized spacial score (nSPS) is 27.4. The minimum absolute atomic E-state index is 0.0481. The van der Waals surface area contributed by atoms with Gasteiger partial charge in [-0.25, -0.2) is 0 Å². The zero-order chi connectivity index (χ0) is 16.4. The molecule has 1 amide bonds. The Balaban J connectivity index is 1.59. The van der Waals surface area contributed by atoms with Gasteiger partial charge in [0.1, 0.15) is 5.75 Å². The predicted octanol–water partition coefficient (Wildman–Crippen LogP) is 3.53. The van der Waals surface area contributed by atoms with Gasteiger partial charge in [-0.05, 0) is 43.9 Å². The summed E-state index contributed by atoms with van der Waals surface area (Å²) in [5.74, 6) is 0.395. The van der Waals surface area contributed by atoms with Crippen LogP contribution in [0.25, 0.3) is 0 Å². The van der Waals surface area contributed by atoms with Gasteiger partial charge in [-0.2, -0.15) is 0 Å². The number of likely N-dealkylation sites (tertiary alicyclic amines) is 1. The van der Waals surface area contributed by atoms with E-state index >= 15 is 0 Å². The number of aliphatic hydroxyl groups is 1. The van der Waals surface area contributed by atoms with Crippen molar-refractivity contribution in [2.45, 2.75) is 38.2 Å². The molecular formula is C17H21Cl2NO3. The second kappa shape index (κ2) is 6.88. The van der Waals surface area contributed by atoms with Crippen LogP contribution in [0, 0.1) is 5.41 Å². The summed E-state index contributed by atoms with van der Waals surface area (Å²) in [5, 5.41) is 11.2. The number of benzene rings is 1. The molecule has 1 spiro atoms. The second-order valence-electron chi connectivity index (χ2n) is 6.55. The van der Waals surface area contributed by atoms with Crippen molar-refractivity contribution < 1.29 is 14.6 Å². The van der Waals surface area contributed by atoms with Crippen molar-refractivity contribution in [1.82, 2.24) is 4.90 Å². The lowest BCUT2D eigenvalue weighted by Gasteiger charge is -2.42. The van der Waals surface area contributed by atoms with Gasteiger partial charge in [0.15, 0.2) is 6.61 Å². The van der Waals surface area contributed by atoms with E-state index in [-0.39, 0.29) is 24.0 Å². The fourth-order valence-electron chi connectivity index (χ4n) is 3.79. The molecule has 4 nitrogen and oxygen atoms in total. The van der Waals surface area contributed by atoms with Crippen LogP contribution < -0.4 is 4.74 Å². The number of hydrogen-bond donors (Lipinski definition) is 1. The molecule has 6 heteroatoms. The topological polar surface area (TPSA) is 49.8 Å². The minimum atomic E-state index is -0.287. The molecule has 1 saturated heterocycles. The third-order valence-electron chi connectivity index (χ3n) is 5.07. The molecular weight excluding hydrogens is 337 g/mol.